The zero-order chi connectivity index (χ0) is 20.9. The van der Waals surface area contributed by atoms with Crippen molar-refractivity contribution in [1.82, 2.24) is 24.4 Å². The van der Waals surface area contributed by atoms with Crippen molar-refractivity contribution in [2.75, 3.05) is 20.2 Å². The number of fused-ring (bicyclic) bond motifs is 8. The number of nitrogens with one attached hydrogen (secondary N) is 1. The molecule has 4 aromatic heterocycles. The summed E-state index contributed by atoms with van der Waals surface area (Å²) in [5.41, 5.74) is 5.16. The Bertz CT molecular complexity index is 1530. The molecule has 1 aromatic carbocycles. The largest absolute Gasteiger partial charge is 0.483 e. The van der Waals surface area contributed by atoms with Crippen LogP contribution >= 0.6 is 39.8 Å². The molecule has 158 valence electrons. The topological polar surface area (TPSA) is 61.0 Å². The van der Waals surface area contributed by atoms with Gasteiger partial charge in [0.05, 0.1) is 36.1 Å². The van der Waals surface area contributed by atoms with Gasteiger partial charge in [-0.25, -0.2) is 9.44 Å². The summed E-state index contributed by atoms with van der Waals surface area (Å²) in [6.07, 6.45) is 7.15. The molecule has 1 saturated heterocycles. The number of aryl methyl sites for hydroxylation is 1. The van der Waals surface area contributed by atoms with E-state index in [1.807, 2.05) is 6.20 Å². The van der Waals surface area contributed by atoms with Crippen molar-refractivity contribution < 1.29 is 9.14 Å². The number of ether oxygens (including phenoxy) is 1. The van der Waals surface area contributed by atoms with Crippen molar-refractivity contribution in [1.29, 1.82) is 0 Å². The summed E-state index contributed by atoms with van der Waals surface area (Å²) in [7, 11) is 3.93. The zero-order valence-corrected chi connectivity index (χ0v) is 21.1. The van der Waals surface area contributed by atoms with Crippen LogP contribution in [-0.2, 0) is 7.05 Å². The van der Waals surface area contributed by atoms with Crippen molar-refractivity contribution in [3.8, 4) is 5.06 Å². The summed E-state index contributed by atoms with van der Waals surface area (Å²) in [5.74, 6) is 1.75. The Morgan fingerprint density at radius 1 is 1.35 bits per heavy atom. The molecule has 0 bridgehead atoms. The van der Waals surface area contributed by atoms with E-state index in [1.54, 1.807) is 18.4 Å². The number of halogens is 1. The molecule has 1 N–H and O–H groups in total. The van der Waals surface area contributed by atoms with E-state index in [0.29, 0.717) is 17.7 Å². The summed E-state index contributed by atoms with van der Waals surface area (Å²) >= 11 is 4.06. The van der Waals surface area contributed by atoms with Crippen LogP contribution in [0, 0.1) is 5.41 Å². The van der Waals surface area contributed by atoms with Gasteiger partial charge in [0.1, 0.15) is 5.82 Å². The van der Waals surface area contributed by atoms with E-state index in [1.165, 1.54) is 46.0 Å². The molecule has 1 saturated carbocycles. The molecule has 7 rings (SSSR count). The highest BCUT2D eigenvalue weighted by Gasteiger charge is 2.50. The summed E-state index contributed by atoms with van der Waals surface area (Å²) in [5, 5.41) is 11.4. The predicted octanol–water partition coefficient (Wildman–Crippen LogP) is 4.14. The van der Waals surface area contributed by atoms with Gasteiger partial charge < -0.3 is 14.6 Å². The highest BCUT2D eigenvalue weighted by Crippen LogP contribution is 2.53. The van der Waals surface area contributed by atoms with Gasteiger partial charge in [-0.3, -0.25) is 0 Å². The lowest BCUT2D eigenvalue weighted by Gasteiger charge is -2.54. The summed E-state index contributed by atoms with van der Waals surface area (Å²) < 4.78 is 12.3. The van der Waals surface area contributed by atoms with Gasteiger partial charge in [0, 0.05) is 37.5 Å². The number of hydrogen-bond acceptors (Lipinski definition) is 5. The minimum Gasteiger partial charge on any atom is -0.483 e. The number of hydrogen-bond donors (Lipinski definition) is 1. The fourth-order valence-corrected chi connectivity index (χ4v) is 8.09. The molecular weight excluding hydrogens is 542 g/mol. The molecule has 1 aliphatic carbocycles. The average molecular weight is 563 g/mol. The van der Waals surface area contributed by atoms with Gasteiger partial charge in [-0.05, 0) is 57.7 Å². The number of methoxy groups -OCH3 is 1. The first-order chi connectivity index (χ1) is 15.1. The Morgan fingerprint density at radius 2 is 2.19 bits per heavy atom. The molecule has 31 heavy (non-hydrogen) atoms. The maximum absolute atomic E-state index is 5.61. The van der Waals surface area contributed by atoms with E-state index >= 15 is 0 Å². The lowest BCUT2D eigenvalue weighted by Crippen LogP contribution is -2.59. The Hall–Kier alpha value is -1.55. The van der Waals surface area contributed by atoms with Gasteiger partial charge in [0.25, 0.3) is 4.83 Å². The Labute approximate surface area is 197 Å². The number of nitrogens with zero attached hydrogens (tertiary/aromatic N) is 5. The van der Waals surface area contributed by atoms with Crippen molar-refractivity contribution in [3.05, 3.63) is 30.4 Å². The van der Waals surface area contributed by atoms with Crippen molar-refractivity contribution in [3.63, 3.8) is 0 Å². The Morgan fingerprint density at radius 3 is 2.90 bits per heavy atom. The minimum absolute atomic E-state index is 0.525. The fraction of sp³-hybridized carbons (Fsp3) is 0.381. The first-order valence-corrected chi connectivity index (χ1v) is 15.3. The van der Waals surface area contributed by atoms with E-state index < -0.39 is 0 Å². The molecule has 10 heteroatoms. The van der Waals surface area contributed by atoms with Gasteiger partial charge in [0.2, 0.25) is 16.8 Å². The average Bonchev–Trinajstić information content (AvgIpc) is 3.41. The van der Waals surface area contributed by atoms with E-state index in [2.05, 4.69) is 71.3 Å². The standard InChI is InChI=1S/C21H21IN6OPS/c1-26-18-16-12-7-24-28(30-22)13(12)3-4-14(16)27-8-15(29-2)31-20(27)17(18)25-19(26)11-5-21(6-11)9-23-10-21/h3-4,7-8,11,23,30H,5-6,9-10H2,1-2H3/q+1. The second-order valence-corrected chi connectivity index (χ2v) is 11.9. The molecule has 5 aromatic rings. The molecule has 1 unspecified atom stereocenters. The number of imidazole rings is 1. The van der Waals surface area contributed by atoms with Crippen LogP contribution in [0.2, 0.25) is 0 Å². The quantitative estimate of drug-likeness (QED) is 0.204. The first-order valence-electron chi connectivity index (χ1n) is 10.4. The SMILES string of the molecule is COc1c[n+]2c3ccc4c(cnn4PI)c3c3c(nc(C4CC5(CNC5)C4)n3C)c2s1. The van der Waals surface area contributed by atoms with Crippen molar-refractivity contribution in [2.24, 2.45) is 12.5 Å². The number of aromatic nitrogens is 5. The van der Waals surface area contributed by atoms with Crippen LogP contribution in [-0.4, -0.2) is 39.3 Å². The number of benzene rings is 1. The number of pyridine rings is 1. The maximum atomic E-state index is 5.61. The second-order valence-electron chi connectivity index (χ2n) is 8.90. The summed E-state index contributed by atoms with van der Waals surface area (Å²) in [6.45, 7) is 2.32. The fourth-order valence-electron chi connectivity index (χ4n) is 5.63. The molecular formula is C21H21IN6OPS+. The lowest BCUT2D eigenvalue weighted by atomic mass is 9.58. The van der Waals surface area contributed by atoms with E-state index in [9.17, 15) is 0 Å². The molecule has 0 amide bonds. The lowest BCUT2D eigenvalue weighted by molar-refractivity contribution is -0.476. The first kappa shape index (κ1) is 19.0. The Balaban J connectivity index is 1.59. The third-order valence-electron chi connectivity index (χ3n) is 7.22. The summed E-state index contributed by atoms with van der Waals surface area (Å²) in [4.78, 5) is 6.41. The normalized spacial score (nSPS) is 18.8. The number of rotatable bonds is 3. The van der Waals surface area contributed by atoms with Crippen LogP contribution in [0.3, 0.4) is 0 Å². The van der Waals surface area contributed by atoms with Gasteiger partial charge in [-0.1, -0.05) is 0 Å². The van der Waals surface area contributed by atoms with Crippen LogP contribution in [0.25, 0.3) is 37.7 Å². The van der Waals surface area contributed by atoms with Crippen LogP contribution in [0.4, 0.5) is 0 Å². The highest BCUT2D eigenvalue weighted by molar-refractivity contribution is 14.2. The predicted molar refractivity (Wildman–Crippen MR) is 134 cm³/mol. The molecule has 0 radical (unpaired) electrons. The monoisotopic (exact) mass is 563 g/mol. The summed E-state index contributed by atoms with van der Waals surface area (Å²) in [6, 6.07) is 4.41. The van der Waals surface area contributed by atoms with E-state index in [4.69, 9.17) is 9.72 Å². The zero-order valence-electron chi connectivity index (χ0n) is 17.1. The van der Waals surface area contributed by atoms with E-state index in [0.717, 1.165) is 28.5 Å². The van der Waals surface area contributed by atoms with Gasteiger partial charge in [0.15, 0.2) is 5.52 Å². The molecule has 7 nitrogen and oxygen atoms in total. The van der Waals surface area contributed by atoms with E-state index in [-0.39, 0.29) is 0 Å². The molecule has 1 aliphatic heterocycles. The van der Waals surface area contributed by atoms with Crippen LogP contribution < -0.4 is 14.5 Å². The molecule has 1 spiro atoms. The highest BCUT2D eigenvalue weighted by atomic mass is 127. The third-order valence-corrected chi connectivity index (χ3v) is 10.2. The van der Waals surface area contributed by atoms with Crippen LogP contribution in [0.15, 0.2) is 24.5 Å². The smallest absolute Gasteiger partial charge is 0.299 e. The van der Waals surface area contributed by atoms with Gasteiger partial charge >= 0.3 is 0 Å². The van der Waals surface area contributed by atoms with Crippen molar-refractivity contribution in [2.45, 2.75) is 18.8 Å². The molecule has 5 heterocycles. The van der Waals surface area contributed by atoms with Crippen LogP contribution in [0.5, 0.6) is 5.06 Å². The Kier molecular flexibility index (Phi) is 3.97. The van der Waals surface area contributed by atoms with Gasteiger partial charge in [-0.2, -0.15) is 5.10 Å². The number of thiazole rings is 1. The van der Waals surface area contributed by atoms with Gasteiger partial charge in [-0.15, -0.1) is 4.40 Å². The third kappa shape index (κ3) is 2.43. The van der Waals surface area contributed by atoms with Crippen LogP contribution in [0.1, 0.15) is 24.6 Å². The molecule has 2 fully saturated rings. The molecule has 2 aliphatic rings. The second kappa shape index (κ2) is 6.50. The maximum Gasteiger partial charge on any atom is 0.299 e. The molecule has 1 atom stereocenters. The van der Waals surface area contributed by atoms with Crippen molar-refractivity contribution >= 4 is 77.4 Å². The minimum atomic E-state index is 0.525.